The number of benzene rings is 1. The number of rotatable bonds is 7. The summed E-state index contributed by atoms with van der Waals surface area (Å²) in [6.45, 7) is 3.69. The first-order valence-corrected chi connectivity index (χ1v) is 7.56. The van der Waals surface area contributed by atoms with Crippen LogP contribution in [0.4, 0.5) is 0 Å². The summed E-state index contributed by atoms with van der Waals surface area (Å²) in [5.41, 5.74) is 1.03. The topological polar surface area (TPSA) is 49.2 Å². The van der Waals surface area contributed by atoms with Gasteiger partial charge in [0.2, 0.25) is 0 Å². The summed E-state index contributed by atoms with van der Waals surface area (Å²) in [5, 5.41) is 12.5. The molecule has 0 fully saturated rings. The van der Waals surface area contributed by atoms with Gasteiger partial charge in [-0.05, 0) is 32.3 Å². The van der Waals surface area contributed by atoms with Crippen LogP contribution in [0.2, 0.25) is 5.02 Å². The van der Waals surface area contributed by atoms with Gasteiger partial charge in [-0.3, -0.25) is 0 Å². The molecular weight excluding hydrogens is 288 g/mol. The third-order valence-corrected chi connectivity index (χ3v) is 4.00. The Labute approximate surface area is 131 Å². The molecule has 1 aromatic carbocycles. The van der Waals surface area contributed by atoms with Crippen molar-refractivity contribution in [2.45, 2.75) is 6.04 Å². The maximum Gasteiger partial charge on any atom is 0.124 e. The van der Waals surface area contributed by atoms with Crippen molar-refractivity contribution in [2.24, 2.45) is 16.1 Å². The Kier molecular flexibility index (Phi) is 5.96. The molecule has 21 heavy (non-hydrogen) atoms. The SMILES string of the molecule is CNCCN(C)CC1CN=NC1c1cc(Cl)ccc1OC. The van der Waals surface area contributed by atoms with E-state index in [4.69, 9.17) is 16.3 Å². The average Bonchev–Trinajstić information content (AvgIpc) is 2.93. The summed E-state index contributed by atoms with van der Waals surface area (Å²) in [5.74, 6) is 1.19. The molecule has 5 nitrogen and oxygen atoms in total. The minimum Gasteiger partial charge on any atom is -0.496 e. The molecule has 1 heterocycles. The molecule has 1 N–H and O–H groups in total. The quantitative estimate of drug-likeness (QED) is 0.842. The first-order valence-electron chi connectivity index (χ1n) is 7.19. The van der Waals surface area contributed by atoms with E-state index in [1.165, 1.54) is 0 Å². The molecule has 0 aromatic heterocycles. The van der Waals surface area contributed by atoms with E-state index in [1.807, 2.05) is 25.2 Å². The highest BCUT2D eigenvalue weighted by molar-refractivity contribution is 6.30. The van der Waals surface area contributed by atoms with Gasteiger partial charge >= 0.3 is 0 Å². The van der Waals surface area contributed by atoms with E-state index in [2.05, 4.69) is 27.5 Å². The van der Waals surface area contributed by atoms with Crippen molar-refractivity contribution < 1.29 is 4.74 Å². The average molecular weight is 311 g/mol. The van der Waals surface area contributed by atoms with Crippen molar-refractivity contribution in [1.82, 2.24) is 10.2 Å². The van der Waals surface area contributed by atoms with Crippen LogP contribution in [0, 0.1) is 5.92 Å². The molecular formula is C15H23ClN4O. The molecule has 1 aliphatic rings. The molecule has 2 unspecified atom stereocenters. The van der Waals surface area contributed by atoms with E-state index in [9.17, 15) is 0 Å². The van der Waals surface area contributed by atoms with Crippen LogP contribution < -0.4 is 10.1 Å². The van der Waals surface area contributed by atoms with Gasteiger partial charge in [-0.2, -0.15) is 10.2 Å². The maximum absolute atomic E-state index is 6.13. The van der Waals surface area contributed by atoms with Gasteiger partial charge in [-0.1, -0.05) is 11.6 Å². The molecule has 0 radical (unpaired) electrons. The van der Waals surface area contributed by atoms with Gasteiger partial charge in [0.05, 0.1) is 13.7 Å². The molecule has 0 bridgehead atoms. The lowest BCUT2D eigenvalue weighted by atomic mass is 9.93. The number of hydrogen-bond donors (Lipinski definition) is 1. The number of nitrogens with one attached hydrogen (secondary N) is 1. The van der Waals surface area contributed by atoms with Crippen LogP contribution in [-0.2, 0) is 0 Å². The fourth-order valence-corrected chi connectivity index (χ4v) is 2.82. The summed E-state index contributed by atoms with van der Waals surface area (Å²) < 4.78 is 5.45. The Hall–Kier alpha value is -1.17. The zero-order chi connectivity index (χ0) is 15.2. The van der Waals surface area contributed by atoms with Crippen LogP contribution in [0.1, 0.15) is 11.6 Å². The third-order valence-electron chi connectivity index (χ3n) is 3.77. The van der Waals surface area contributed by atoms with Gasteiger partial charge in [0.25, 0.3) is 0 Å². The number of methoxy groups -OCH3 is 1. The first kappa shape index (κ1) is 16.2. The highest BCUT2D eigenvalue weighted by Crippen LogP contribution is 2.38. The molecule has 1 aliphatic heterocycles. The van der Waals surface area contributed by atoms with E-state index in [-0.39, 0.29) is 6.04 Å². The first-order chi connectivity index (χ1) is 10.2. The molecule has 0 aliphatic carbocycles. The number of hydrogen-bond acceptors (Lipinski definition) is 5. The maximum atomic E-state index is 6.13. The van der Waals surface area contributed by atoms with Crippen LogP contribution in [0.15, 0.2) is 28.4 Å². The molecule has 0 amide bonds. The van der Waals surface area contributed by atoms with Gasteiger partial charge in [-0.25, -0.2) is 0 Å². The molecule has 0 spiro atoms. The zero-order valence-electron chi connectivity index (χ0n) is 12.8. The minimum absolute atomic E-state index is 0.0238. The Morgan fingerprint density at radius 1 is 1.48 bits per heavy atom. The zero-order valence-corrected chi connectivity index (χ0v) is 13.6. The van der Waals surface area contributed by atoms with Gasteiger partial charge in [0.15, 0.2) is 0 Å². The van der Waals surface area contributed by atoms with Crippen LogP contribution in [0.25, 0.3) is 0 Å². The Morgan fingerprint density at radius 3 is 3.00 bits per heavy atom. The normalized spacial score (nSPS) is 21.2. The summed E-state index contributed by atoms with van der Waals surface area (Å²) in [7, 11) is 5.77. The number of halogens is 1. The van der Waals surface area contributed by atoms with E-state index < -0.39 is 0 Å². The van der Waals surface area contributed by atoms with Crippen molar-refractivity contribution in [3.63, 3.8) is 0 Å². The Morgan fingerprint density at radius 2 is 2.29 bits per heavy atom. The molecule has 116 valence electrons. The van der Waals surface area contributed by atoms with Crippen molar-refractivity contribution in [2.75, 3.05) is 47.4 Å². The molecule has 1 aromatic rings. The van der Waals surface area contributed by atoms with Gasteiger partial charge in [-0.15, -0.1) is 0 Å². The fourth-order valence-electron chi connectivity index (χ4n) is 2.64. The highest BCUT2D eigenvalue weighted by atomic mass is 35.5. The standard InChI is InChI=1S/C15H23ClN4O/c1-17-6-7-20(2)10-11-9-18-19-15(11)13-8-12(16)4-5-14(13)21-3/h4-5,8,11,15,17H,6-7,9-10H2,1-3H3. The Bertz CT molecular complexity index is 495. The molecule has 6 heteroatoms. The van der Waals surface area contributed by atoms with Crippen molar-refractivity contribution >= 4 is 11.6 Å². The minimum atomic E-state index is 0.0238. The number of nitrogens with zero attached hydrogens (tertiary/aromatic N) is 3. The molecule has 0 saturated carbocycles. The summed E-state index contributed by atoms with van der Waals surface area (Å²) in [6, 6.07) is 5.70. The number of azo groups is 1. The highest BCUT2D eigenvalue weighted by Gasteiger charge is 2.30. The smallest absolute Gasteiger partial charge is 0.124 e. The molecule has 0 saturated heterocycles. The lowest BCUT2D eigenvalue weighted by molar-refractivity contribution is 0.269. The number of likely N-dealkylation sites (N-methyl/N-ethyl adjacent to an activating group) is 2. The fraction of sp³-hybridized carbons (Fsp3) is 0.600. The van der Waals surface area contributed by atoms with E-state index in [1.54, 1.807) is 7.11 Å². The predicted octanol–water partition coefficient (Wildman–Crippen LogP) is 2.62. The molecule has 2 atom stereocenters. The van der Waals surface area contributed by atoms with E-state index in [0.29, 0.717) is 10.9 Å². The second-order valence-electron chi connectivity index (χ2n) is 5.40. The van der Waals surface area contributed by atoms with Crippen molar-refractivity contribution in [3.05, 3.63) is 28.8 Å². The summed E-state index contributed by atoms with van der Waals surface area (Å²) in [4.78, 5) is 2.31. The van der Waals surface area contributed by atoms with Gasteiger partial charge in [0.1, 0.15) is 11.8 Å². The summed E-state index contributed by atoms with van der Waals surface area (Å²) in [6.07, 6.45) is 0. The predicted molar refractivity (Wildman–Crippen MR) is 85.4 cm³/mol. The number of ether oxygens (including phenoxy) is 1. The monoisotopic (exact) mass is 310 g/mol. The van der Waals surface area contributed by atoms with Gasteiger partial charge in [0, 0.05) is 36.1 Å². The third kappa shape index (κ3) is 4.15. The van der Waals surface area contributed by atoms with Crippen LogP contribution in [0.3, 0.4) is 0 Å². The Balaban J connectivity index is 2.11. The second kappa shape index (κ2) is 7.73. The van der Waals surface area contributed by atoms with Crippen LogP contribution >= 0.6 is 11.6 Å². The van der Waals surface area contributed by atoms with Crippen LogP contribution in [-0.4, -0.2) is 52.3 Å². The van der Waals surface area contributed by atoms with Gasteiger partial charge < -0.3 is 15.0 Å². The van der Waals surface area contributed by atoms with Crippen molar-refractivity contribution in [3.8, 4) is 5.75 Å². The second-order valence-corrected chi connectivity index (χ2v) is 5.83. The van der Waals surface area contributed by atoms with E-state index in [0.717, 1.165) is 37.5 Å². The summed E-state index contributed by atoms with van der Waals surface area (Å²) >= 11 is 6.13. The van der Waals surface area contributed by atoms with Crippen molar-refractivity contribution in [1.29, 1.82) is 0 Å². The molecule has 2 rings (SSSR count). The van der Waals surface area contributed by atoms with E-state index >= 15 is 0 Å². The lowest BCUT2D eigenvalue weighted by Gasteiger charge is -2.24. The van der Waals surface area contributed by atoms with Crippen LogP contribution in [0.5, 0.6) is 5.75 Å². The lowest BCUT2D eigenvalue weighted by Crippen LogP contribution is -2.33. The largest absolute Gasteiger partial charge is 0.496 e.